The van der Waals surface area contributed by atoms with Gasteiger partial charge in [-0.2, -0.15) is 0 Å². The maximum atomic E-state index is 10.7. The van der Waals surface area contributed by atoms with Crippen molar-refractivity contribution in [1.82, 2.24) is 9.80 Å². The second kappa shape index (κ2) is 8.54. The molecule has 26 heavy (non-hydrogen) atoms. The maximum absolute atomic E-state index is 10.7. The third-order valence-corrected chi connectivity index (χ3v) is 5.35. The number of hydrogen-bond donors (Lipinski definition) is 2. The lowest BCUT2D eigenvalue weighted by Crippen LogP contribution is -2.57. The van der Waals surface area contributed by atoms with Crippen LogP contribution in [0.4, 0.5) is 5.69 Å². The van der Waals surface area contributed by atoms with Crippen molar-refractivity contribution in [1.29, 1.82) is 0 Å². The Morgan fingerprint density at radius 3 is 2.46 bits per heavy atom. The van der Waals surface area contributed by atoms with Gasteiger partial charge in [0, 0.05) is 32.7 Å². The monoisotopic (exact) mass is 365 g/mol. The van der Waals surface area contributed by atoms with Crippen LogP contribution in [0.25, 0.3) is 0 Å². The average molecular weight is 365 g/mol. The molecule has 2 saturated heterocycles. The molecular weight excluding hydrogens is 334 g/mol. The van der Waals surface area contributed by atoms with E-state index >= 15 is 0 Å². The lowest BCUT2D eigenvalue weighted by atomic mass is 10.0. The minimum absolute atomic E-state index is 0.0885. The first-order valence-electron chi connectivity index (χ1n) is 9.26. The number of likely N-dealkylation sites (N-methyl/N-ethyl adjacent to an activating group) is 1. The SMILES string of the molecule is COc1ccccc1N1CCN([C@@H]2[C@H](O)[C@H](CO)O[C@H]2CN(C)C)CC1. The van der Waals surface area contributed by atoms with Gasteiger partial charge in [-0.15, -0.1) is 0 Å². The van der Waals surface area contributed by atoms with Gasteiger partial charge in [-0.05, 0) is 26.2 Å². The molecule has 1 aromatic rings. The van der Waals surface area contributed by atoms with Crippen LogP contribution in [0.2, 0.25) is 0 Å². The number of para-hydroxylation sites is 2. The van der Waals surface area contributed by atoms with Crippen molar-refractivity contribution in [2.24, 2.45) is 0 Å². The molecule has 2 heterocycles. The predicted molar refractivity (Wildman–Crippen MR) is 101 cm³/mol. The lowest BCUT2D eigenvalue weighted by Gasteiger charge is -2.41. The van der Waals surface area contributed by atoms with E-state index in [1.54, 1.807) is 7.11 Å². The highest BCUT2D eigenvalue weighted by Crippen LogP contribution is 2.31. The summed E-state index contributed by atoms with van der Waals surface area (Å²) in [4.78, 5) is 6.69. The van der Waals surface area contributed by atoms with Gasteiger partial charge in [0.2, 0.25) is 0 Å². The Hall–Kier alpha value is -1.38. The van der Waals surface area contributed by atoms with Crippen LogP contribution in [0, 0.1) is 0 Å². The van der Waals surface area contributed by atoms with Gasteiger partial charge in [0.05, 0.1) is 31.5 Å². The van der Waals surface area contributed by atoms with Gasteiger partial charge < -0.3 is 29.5 Å². The van der Waals surface area contributed by atoms with Gasteiger partial charge in [-0.1, -0.05) is 12.1 Å². The Kier molecular flexibility index (Phi) is 6.37. The third-order valence-electron chi connectivity index (χ3n) is 5.35. The van der Waals surface area contributed by atoms with E-state index in [9.17, 15) is 10.2 Å². The highest BCUT2D eigenvalue weighted by molar-refractivity contribution is 5.58. The van der Waals surface area contributed by atoms with E-state index in [-0.39, 0.29) is 18.8 Å². The predicted octanol–water partition coefficient (Wildman–Crippen LogP) is -0.132. The molecule has 2 aliphatic rings. The van der Waals surface area contributed by atoms with Crippen molar-refractivity contribution in [2.75, 3.05) is 65.4 Å². The summed E-state index contributed by atoms with van der Waals surface area (Å²) < 4.78 is 11.4. The second-order valence-electron chi connectivity index (χ2n) is 7.33. The summed E-state index contributed by atoms with van der Waals surface area (Å²) in [6.07, 6.45) is -1.27. The molecule has 3 rings (SSSR count). The van der Waals surface area contributed by atoms with Crippen LogP contribution in [0.5, 0.6) is 5.75 Å². The van der Waals surface area contributed by atoms with Crippen LogP contribution >= 0.6 is 0 Å². The molecule has 1 aromatic carbocycles. The number of benzene rings is 1. The fourth-order valence-electron chi connectivity index (χ4n) is 4.09. The van der Waals surface area contributed by atoms with Gasteiger partial charge in [-0.3, -0.25) is 4.90 Å². The van der Waals surface area contributed by atoms with Gasteiger partial charge >= 0.3 is 0 Å². The number of ether oxygens (including phenoxy) is 2. The van der Waals surface area contributed by atoms with Gasteiger partial charge in [0.25, 0.3) is 0 Å². The molecule has 0 spiro atoms. The van der Waals surface area contributed by atoms with E-state index in [0.717, 1.165) is 44.2 Å². The van der Waals surface area contributed by atoms with Crippen LogP contribution in [0.3, 0.4) is 0 Å². The summed E-state index contributed by atoms with van der Waals surface area (Å²) in [6, 6.07) is 7.98. The van der Waals surface area contributed by atoms with Crippen LogP contribution < -0.4 is 9.64 Å². The quantitative estimate of drug-likeness (QED) is 0.728. The van der Waals surface area contributed by atoms with Gasteiger partial charge in [-0.25, -0.2) is 0 Å². The Morgan fingerprint density at radius 2 is 1.85 bits per heavy atom. The standard InChI is InChI=1S/C19H31N3O4/c1-20(2)12-16-18(19(24)17(13-23)26-16)22-10-8-21(9-11-22)14-6-4-5-7-15(14)25-3/h4-7,16-19,23-24H,8-13H2,1-3H3/t16-,17-,18-,19+/m0/s1. The molecule has 7 nitrogen and oxygen atoms in total. The molecular formula is C19H31N3O4. The van der Waals surface area contributed by atoms with Crippen molar-refractivity contribution in [3.63, 3.8) is 0 Å². The summed E-state index contributed by atoms with van der Waals surface area (Å²) in [5.74, 6) is 0.885. The van der Waals surface area contributed by atoms with Gasteiger partial charge in [0.1, 0.15) is 18.0 Å². The zero-order chi connectivity index (χ0) is 18.7. The molecule has 2 aliphatic heterocycles. The number of aliphatic hydroxyl groups excluding tert-OH is 2. The van der Waals surface area contributed by atoms with Crippen LogP contribution in [-0.4, -0.2) is 105 Å². The molecule has 0 aliphatic carbocycles. The number of nitrogens with zero attached hydrogens (tertiary/aromatic N) is 3. The summed E-state index contributed by atoms with van der Waals surface area (Å²) in [5, 5.41) is 20.2. The first kappa shape index (κ1) is 19.4. The summed E-state index contributed by atoms with van der Waals surface area (Å²) in [5.41, 5.74) is 1.11. The van der Waals surface area contributed by atoms with E-state index in [1.807, 2.05) is 32.3 Å². The molecule has 2 fully saturated rings. The highest BCUT2D eigenvalue weighted by atomic mass is 16.5. The third kappa shape index (κ3) is 3.97. The second-order valence-corrected chi connectivity index (χ2v) is 7.33. The highest BCUT2D eigenvalue weighted by Gasteiger charge is 2.46. The van der Waals surface area contributed by atoms with Crippen molar-refractivity contribution >= 4 is 5.69 Å². The minimum Gasteiger partial charge on any atom is -0.495 e. The van der Waals surface area contributed by atoms with Crippen molar-refractivity contribution in [2.45, 2.75) is 24.4 Å². The maximum Gasteiger partial charge on any atom is 0.142 e. The molecule has 0 unspecified atom stereocenters. The zero-order valence-corrected chi connectivity index (χ0v) is 15.9. The molecule has 2 N–H and O–H groups in total. The number of methoxy groups -OCH3 is 1. The number of hydrogen-bond acceptors (Lipinski definition) is 7. The number of anilines is 1. The molecule has 0 saturated carbocycles. The Bertz CT molecular complexity index is 578. The summed E-state index contributed by atoms with van der Waals surface area (Å²) >= 11 is 0. The van der Waals surface area contributed by atoms with Crippen LogP contribution in [-0.2, 0) is 4.74 Å². The topological polar surface area (TPSA) is 68.6 Å². The minimum atomic E-state index is -0.664. The molecule has 0 aromatic heterocycles. The Labute approximate surface area is 155 Å². The van der Waals surface area contributed by atoms with E-state index in [2.05, 4.69) is 20.8 Å². The summed E-state index contributed by atoms with van der Waals surface area (Å²) in [7, 11) is 5.69. The number of rotatable bonds is 6. The van der Waals surface area contributed by atoms with Crippen molar-refractivity contribution in [3.05, 3.63) is 24.3 Å². The fourth-order valence-corrected chi connectivity index (χ4v) is 4.09. The first-order valence-corrected chi connectivity index (χ1v) is 9.26. The van der Waals surface area contributed by atoms with Crippen LogP contribution in [0.15, 0.2) is 24.3 Å². The van der Waals surface area contributed by atoms with Crippen LogP contribution in [0.1, 0.15) is 0 Å². The molecule has 7 heteroatoms. The van der Waals surface area contributed by atoms with Crippen molar-refractivity contribution < 1.29 is 19.7 Å². The van der Waals surface area contributed by atoms with Crippen molar-refractivity contribution in [3.8, 4) is 5.75 Å². The molecule has 146 valence electrons. The normalized spacial score (nSPS) is 30.2. The number of piperazine rings is 1. The van der Waals surface area contributed by atoms with E-state index in [0.29, 0.717) is 0 Å². The zero-order valence-electron chi connectivity index (χ0n) is 15.9. The Balaban J connectivity index is 1.67. The first-order chi connectivity index (χ1) is 12.5. The molecule has 4 atom stereocenters. The van der Waals surface area contributed by atoms with E-state index in [4.69, 9.17) is 9.47 Å². The van der Waals surface area contributed by atoms with E-state index in [1.165, 1.54) is 0 Å². The smallest absolute Gasteiger partial charge is 0.142 e. The number of aliphatic hydroxyl groups is 2. The lowest BCUT2D eigenvalue weighted by molar-refractivity contribution is -0.0274. The largest absolute Gasteiger partial charge is 0.495 e. The molecule has 0 bridgehead atoms. The molecule has 0 radical (unpaired) electrons. The van der Waals surface area contributed by atoms with E-state index < -0.39 is 12.2 Å². The Morgan fingerprint density at radius 1 is 1.15 bits per heavy atom. The summed E-state index contributed by atoms with van der Waals surface area (Å²) in [6.45, 7) is 3.98. The van der Waals surface area contributed by atoms with Gasteiger partial charge in [0.15, 0.2) is 0 Å². The fraction of sp³-hybridized carbons (Fsp3) is 0.684. The molecule has 0 amide bonds. The average Bonchev–Trinajstić information content (AvgIpc) is 2.96.